The monoisotopic (exact) mass is 371 g/mol. The minimum Gasteiger partial charge on any atom is -0.302 e. The molecule has 0 aromatic heterocycles. The topological polar surface area (TPSA) is 160 Å². The number of phosphoric acid groups is 2. The Morgan fingerprint density at radius 1 is 0.952 bits per heavy atom. The first-order valence-corrected chi connectivity index (χ1v) is 10.2. The first-order chi connectivity index (χ1) is 9.56. The third-order valence-corrected chi connectivity index (χ3v) is 4.35. The molecule has 128 valence electrons. The summed E-state index contributed by atoms with van der Waals surface area (Å²) in [6.07, 6.45) is 2.80. The SMILES string of the molecule is CCCCOP(=O)(OCCCC)OP(=O)(O)O.O=[P+](O)O. The standard InChI is InChI=1S/C8H20O7P2.HO3P/c1-3-5-7-13-17(12,14-8-6-4-2)15-16(9,10)11;1-4(2)3/h3-8H2,1-2H3,(H2,9,10,11);(H-,1,2,3)/p+1. The first kappa shape index (κ1) is 23.5. The minimum atomic E-state index is -4.90. The summed E-state index contributed by atoms with van der Waals surface area (Å²) in [5.74, 6) is 0. The van der Waals surface area contributed by atoms with Crippen LogP contribution in [0.15, 0.2) is 0 Å². The second-order valence-electron chi connectivity index (χ2n) is 3.65. The molecule has 0 atom stereocenters. The van der Waals surface area contributed by atoms with Gasteiger partial charge in [0.25, 0.3) is 0 Å². The maximum absolute atomic E-state index is 11.8. The fourth-order valence-corrected chi connectivity index (χ4v) is 3.06. The van der Waals surface area contributed by atoms with Gasteiger partial charge >= 0.3 is 23.9 Å². The van der Waals surface area contributed by atoms with Gasteiger partial charge in [0.2, 0.25) is 0 Å². The smallest absolute Gasteiger partial charge is 0.302 e. The third kappa shape index (κ3) is 20.3. The molecule has 0 radical (unpaired) electrons. The van der Waals surface area contributed by atoms with Gasteiger partial charge in [0.1, 0.15) is 0 Å². The van der Waals surface area contributed by atoms with Gasteiger partial charge in [-0.3, -0.25) is 9.05 Å². The van der Waals surface area contributed by atoms with E-state index in [0.717, 1.165) is 12.8 Å². The van der Waals surface area contributed by atoms with E-state index in [4.69, 9.17) is 33.2 Å². The van der Waals surface area contributed by atoms with Gasteiger partial charge in [-0.05, 0) is 12.8 Å². The van der Waals surface area contributed by atoms with Crippen LogP contribution in [0.1, 0.15) is 39.5 Å². The van der Waals surface area contributed by atoms with E-state index in [0.29, 0.717) is 12.8 Å². The molecule has 10 nitrogen and oxygen atoms in total. The normalized spacial score (nSPS) is 11.7. The lowest BCUT2D eigenvalue weighted by molar-refractivity contribution is 0.137. The van der Waals surface area contributed by atoms with E-state index in [-0.39, 0.29) is 13.2 Å². The Balaban J connectivity index is 0. The van der Waals surface area contributed by atoms with Crippen molar-refractivity contribution in [2.75, 3.05) is 13.2 Å². The zero-order chi connectivity index (χ0) is 16.9. The van der Waals surface area contributed by atoms with Crippen LogP contribution in [0.5, 0.6) is 0 Å². The van der Waals surface area contributed by atoms with Crippen molar-refractivity contribution in [2.45, 2.75) is 39.5 Å². The molecule has 21 heavy (non-hydrogen) atoms. The maximum atomic E-state index is 11.8. The van der Waals surface area contributed by atoms with E-state index >= 15 is 0 Å². The Kier molecular flexibility index (Phi) is 14.3. The lowest BCUT2D eigenvalue weighted by Crippen LogP contribution is -2.01. The Labute approximate surface area is 124 Å². The van der Waals surface area contributed by atoms with Gasteiger partial charge in [0, 0.05) is 4.57 Å². The molecule has 0 aliphatic carbocycles. The predicted octanol–water partition coefficient (Wildman–Crippen LogP) is 2.47. The molecule has 0 saturated carbocycles. The molecule has 0 fully saturated rings. The van der Waals surface area contributed by atoms with Crippen molar-refractivity contribution >= 4 is 23.9 Å². The van der Waals surface area contributed by atoms with Gasteiger partial charge in [-0.1, -0.05) is 26.7 Å². The largest absolute Gasteiger partial charge is 0.692 e. The zero-order valence-electron chi connectivity index (χ0n) is 11.8. The number of hydrogen-bond acceptors (Lipinski definition) is 6. The molecule has 4 N–H and O–H groups in total. The molecule has 0 amide bonds. The minimum absolute atomic E-state index is 0.0693. The van der Waals surface area contributed by atoms with Gasteiger partial charge in [-0.25, -0.2) is 9.13 Å². The molecule has 0 rings (SSSR count). The number of phosphoric ester groups is 1. The lowest BCUT2D eigenvalue weighted by atomic mass is 10.4. The maximum Gasteiger partial charge on any atom is 0.692 e. The predicted molar refractivity (Wildman–Crippen MR) is 74.5 cm³/mol. The third-order valence-electron chi connectivity index (χ3n) is 1.70. The molecule has 0 unspecified atom stereocenters. The molecular formula is C8H22O10P3+. The Morgan fingerprint density at radius 2 is 1.29 bits per heavy atom. The number of unbranched alkanes of at least 4 members (excludes halogenated alkanes) is 2. The number of hydrogen-bond donors (Lipinski definition) is 4. The molecule has 0 aliphatic rings. The summed E-state index contributed by atoms with van der Waals surface area (Å²) in [6.45, 7) is 3.94. The van der Waals surface area contributed by atoms with E-state index in [1.54, 1.807) is 0 Å². The van der Waals surface area contributed by atoms with Crippen LogP contribution < -0.4 is 0 Å². The highest BCUT2D eigenvalue weighted by Gasteiger charge is 2.35. The van der Waals surface area contributed by atoms with E-state index in [1.807, 2.05) is 13.8 Å². The average molecular weight is 371 g/mol. The van der Waals surface area contributed by atoms with Gasteiger partial charge in [0.05, 0.1) is 13.2 Å². The Morgan fingerprint density at radius 3 is 1.52 bits per heavy atom. The lowest BCUT2D eigenvalue weighted by Gasteiger charge is -2.17. The van der Waals surface area contributed by atoms with Crippen LogP contribution in [0.3, 0.4) is 0 Å². The molecule has 0 aromatic carbocycles. The van der Waals surface area contributed by atoms with Crippen molar-refractivity contribution in [3.63, 3.8) is 0 Å². The van der Waals surface area contributed by atoms with Gasteiger partial charge < -0.3 is 9.79 Å². The molecular weight excluding hydrogens is 349 g/mol. The van der Waals surface area contributed by atoms with Crippen LogP contribution in [0.2, 0.25) is 0 Å². The van der Waals surface area contributed by atoms with Gasteiger partial charge in [-0.15, -0.1) is 9.79 Å². The highest BCUT2D eigenvalue weighted by Crippen LogP contribution is 2.61. The summed E-state index contributed by atoms with van der Waals surface area (Å²) in [6, 6.07) is 0. The summed E-state index contributed by atoms with van der Waals surface area (Å²) in [4.78, 5) is 31.5. The van der Waals surface area contributed by atoms with E-state index < -0.39 is 23.9 Å². The quantitative estimate of drug-likeness (QED) is 0.332. The average Bonchev–Trinajstić information content (AvgIpc) is 2.26. The van der Waals surface area contributed by atoms with Crippen molar-refractivity contribution in [1.82, 2.24) is 0 Å². The van der Waals surface area contributed by atoms with Crippen LogP contribution >= 0.6 is 23.9 Å². The van der Waals surface area contributed by atoms with Crippen LogP contribution in [-0.4, -0.2) is 32.8 Å². The van der Waals surface area contributed by atoms with Crippen molar-refractivity contribution in [1.29, 1.82) is 0 Å². The summed E-state index contributed by atoms with van der Waals surface area (Å²) in [5, 5.41) is 0. The molecule has 0 heterocycles. The van der Waals surface area contributed by atoms with Gasteiger partial charge in [0.15, 0.2) is 0 Å². The van der Waals surface area contributed by atoms with E-state index in [2.05, 4.69) is 4.31 Å². The summed E-state index contributed by atoms with van der Waals surface area (Å²) in [7, 11) is -11.9. The van der Waals surface area contributed by atoms with Gasteiger partial charge in [-0.2, -0.15) is 4.31 Å². The highest BCUT2D eigenvalue weighted by atomic mass is 31.3. The van der Waals surface area contributed by atoms with Crippen molar-refractivity contribution < 1.29 is 46.6 Å². The Hall–Kier alpha value is 0.280. The molecule has 0 aromatic rings. The van der Waals surface area contributed by atoms with Crippen molar-refractivity contribution in [2.24, 2.45) is 0 Å². The fraction of sp³-hybridized carbons (Fsp3) is 1.00. The van der Waals surface area contributed by atoms with Crippen LogP contribution in [0.25, 0.3) is 0 Å². The summed E-state index contributed by atoms with van der Waals surface area (Å²) in [5.41, 5.74) is 0. The zero-order valence-corrected chi connectivity index (χ0v) is 14.5. The van der Waals surface area contributed by atoms with Crippen molar-refractivity contribution in [3.8, 4) is 0 Å². The fourth-order valence-electron chi connectivity index (χ4n) is 0.856. The summed E-state index contributed by atoms with van der Waals surface area (Å²) >= 11 is 0. The second-order valence-corrected chi connectivity index (χ2v) is 7.20. The molecule has 0 aliphatic heterocycles. The molecule has 0 saturated heterocycles. The Bertz CT molecular complexity index is 349. The second kappa shape index (κ2) is 12.8. The number of rotatable bonds is 10. The van der Waals surface area contributed by atoms with Crippen LogP contribution in [-0.2, 0) is 27.1 Å². The van der Waals surface area contributed by atoms with Crippen LogP contribution in [0.4, 0.5) is 0 Å². The first-order valence-electron chi connectivity index (χ1n) is 6.07. The molecule has 0 bridgehead atoms. The molecule has 13 heteroatoms. The van der Waals surface area contributed by atoms with Crippen LogP contribution in [0, 0.1) is 0 Å². The van der Waals surface area contributed by atoms with Crippen molar-refractivity contribution in [3.05, 3.63) is 0 Å². The molecule has 0 spiro atoms. The van der Waals surface area contributed by atoms with E-state index in [9.17, 15) is 9.13 Å². The summed E-state index contributed by atoms with van der Waals surface area (Å²) < 4.78 is 44.9. The highest BCUT2D eigenvalue weighted by molar-refractivity contribution is 7.61. The van der Waals surface area contributed by atoms with E-state index in [1.165, 1.54) is 0 Å².